The third-order valence-electron chi connectivity index (χ3n) is 13.1. The van der Waals surface area contributed by atoms with Crippen molar-refractivity contribution < 1.29 is 63.2 Å². The van der Waals surface area contributed by atoms with Crippen LogP contribution in [0.15, 0.2) is 69.6 Å². The van der Waals surface area contributed by atoms with Gasteiger partial charge < -0.3 is 19.5 Å². The molecule has 6 aromatic rings. The van der Waals surface area contributed by atoms with Crippen molar-refractivity contribution in [3.05, 3.63) is 138 Å². The van der Waals surface area contributed by atoms with Gasteiger partial charge in [0.25, 0.3) is 0 Å². The van der Waals surface area contributed by atoms with E-state index < -0.39 is 59.2 Å². The molecule has 2 amide bonds. The maximum atomic E-state index is 14.1. The van der Waals surface area contributed by atoms with Crippen molar-refractivity contribution in [3.8, 4) is 0 Å². The molecule has 10 rings (SSSR count). The van der Waals surface area contributed by atoms with Crippen LogP contribution in [0.4, 0.5) is 43.9 Å². The van der Waals surface area contributed by atoms with Crippen molar-refractivity contribution in [2.45, 2.75) is 102 Å². The van der Waals surface area contributed by atoms with Gasteiger partial charge in [-0.15, -0.1) is 22.7 Å². The summed E-state index contributed by atoms with van der Waals surface area (Å²) >= 11 is 2.89. The van der Waals surface area contributed by atoms with Gasteiger partial charge in [0.15, 0.2) is 23.6 Å². The molecule has 14 nitrogen and oxygen atoms in total. The first-order valence-corrected chi connectivity index (χ1v) is 25.0. The van der Waals surface area contributed by atoms with Crippen LogP contribution >= 0.6 is 22.7 Å². The van der Waals surface area contributed by atoms with Gasteiger partial charge in [0, 0.05) is 73.0 Å². The van der Waals surface area contributed by atoms with Gasteiger partial charge in [0.2, 0.25) is 11.8 Å². The minimum Gasteiger partial charge on any atom is -0.387 e. The summed E-state index contributed by atoms with van der Waals surface area (Å²) in [4.78, 5) is 48.5. The molecule has 2 saturated heterocycles. The number of benzene rings is 2. The number of hydrogen-bond donors (Lipinski definition) is 0. The molecule has 74 heavy (non-hydrogen) atoms. The number of aromatic nitrogens is 6. The molecular weight excluding hydrogens is 1030 g/mol. The fourth-order valence-corrected chi connectivity index (χ4v) is 11.0. The summed E-state index contributed by atoms with van der Waals surface area (Å²) in [6.07, 6.45) is -7.86. The molecule has 0 radical (unpaired) electrons. The minimum absolute atomic E-state index is 0.105. The number of hydrogen-bond acceptors (Lipinski definition) is 12. The van der Waals surface area contributed by atoms with Crippen molar-refractivity contribution in [2.24, 2.45) is 10.3 Å². The van der Waals surface area contributed by atoms with Crippen LogP contribution in [0.5, 0.6) is 0 Å². The van der Waals surface area contributed by atoms with E-state index in [4.69, 9.17) is 9.68 Å². The van der Waals surface area contributed by atoms with Crippen molar-refractivity contribution in [1.29, 1.82) is 0 Å². The molecule has 1 unspecified atom stereocenters. The predicted octanol–water partition coefficient (Wildman–Crippen LogP) is 10.4. The lowest BCUT2D eigenvalue weighted by Gasteiger charge is -2.31. The summed E-state index contributed by atoms with van der Waals surface area (Å²) in [6.45, 7) is 4.25. The molecule has 392 valence electrons. The van der Waals surface area contributed by atoms with Crippen LogP contribution in [0.25, 0.3) is 0 Å². The molecule has 0 N–H and O–H groups in total. The molecule has 4 aliphatic rings. The Labute approximate surface area is 423 Å². The van der Waals surface area contributed by atoms with E-state index in [1.165, 1.54) is 72.9 Å². The second kappa shape index (κ2) is 21.3. The van der Waals surface area contributed by atoms with Gasteiger partial charge in [0.05, 0.1) is 32.5 Å². The highest BCUT2D eigenvalue weighted by molar-refractivity contribution is 7.10. The van der Waals surface area contributed by atoms with Gasteiger partial charge in [0.1, 0.15) is 47.8 Å². The third kappa shape index (κ3) is 11.5. The van der Waals surface area contributed by atoms with E-state index in [0.29, 0.717) is 74.7 Å². The first-order valence-electron chi connectivity index (χ1n) is 23.2. The summed E-state index contributed by atoms with van der Waals surface area (Å²) in [5.74, 6) is -3.13. The summed E-state index contributed by atoms with van der Waals surface area (Å²) < 4.78 is 136. The first-order chi connectivity index (χ1) is 35.2. The highest BCUT2D eigenvalue weighted by Crippen LogP contribution is 2.38. The molecule has 2 atom stereocenters. The molecule has 4 aliphatic heterocycles. The molecule has 0 bridgehead atoms. The van der Waals surface area contributed by atoms with Crippen molar-refractivity contribution in [3.63, 3.8) is 0 Å². The normalized spacial score (nSPS) is 18.7. The lowest BCUT2D eigenvalue weighted by molar-refractivity contribution is -0.142. The van der Waals surface area contributed by atoms with Crippen molar-refractivity contribution in [1.82, 2.24) is 39.3 Å². The number of aryl methyl sites for hydroxylation is 2. The molecule has 0 aliphatic carbocycles. The van der Waals surface area contributed by atoms with E-state index in [1.54, 1.807) is 9.80 Å². The standard InChI is InChI=1S/2C24H22F5N5O2S/c2*1-13-9-20(24(27,28)29)31-34(13)11-21(35)33-7-5-14(6-8-33)23-30-18(12-37-23)17-10-19(36-32-17)22-15(25)3-2-4-16(22)26/h2*2-4,9,12,14,19H,5-8,10-11H2,1H3/t19-;/m0./s1. The van der Waals surface area contributed by atoms with Crippen LogP contribution in [0.2, 0.25) is 0 Å². The summed E-state index contributed by atoms with van der Waals surface area (Å²) in [5, 5.41) is 20.4. The fraction of sp³-hybridized carbons (Fsp3) is 0.417. The SMILES string of the molecule is Cc1cc(C(F)(F)F)nn1CC(=O)N1CCC(c2nc(C3=NOC(c4c(F)cccc4F)C3)cs2)CC1.Cc1cc(C(F)(F)F)nn1CC(=O)N1CCC(c2nc(C3=NO[C@H](c4c(F)cccc4F)C3)cs2)CC1. The maximum absolute atomic E-state index is 14.1. The number of carbonyl (C=O) groups is 2. The Morgan fingerprint density at radius 1 is 0.595 bits per heavy atom. The number of oxime groups is 2. The number of nitrogens with zero attached hydrogens (tertiary/aromatic N) is 10. The summed E-state index contributed by atoms with van der Waals surface area (Å²) in [6, 6.07) is 9.13. The average Bonchev–Trinajstić information content (AvgIpc) is 4.23. The third-order valence-corrected chi connectivity index (χ3v) is 15.1. The number of carbonyl (C=O) groups excluding carboxylic acids is 2. The monoisotopic (exact) mass is 1080 g/mol. The van der Waals surface area contributed by atoms with Gasteiger partial charge in [-0.3, -0.25) is 19.0 Å². The molecule has 2 aromatic carbocycles. The molecular formula is C48H44F10N10O4S2. The van der Waals surface area contributed by atoms with E-state index in [0.717, 1.165) is 31.5 Å². The van der Waals surface area contributed by atoms with Crippen LogP contribution in [0, 0.1) is 37.1 Å². The predicted molar refractivity (Wildman–Crippen MR) is 248 cm³/mol. The zero-order chi connectivity index (χ0) is 52.6. The Morgan fingerprint density at radius 2 is 0.946 bits per heavy atom. The van der Waals surface area contributed by atoms with E-state index in [9.17, 15) is 53.5 Å². The number of piperidine rings is 2. The van der Waals surface area contributed by atoms with Crippen LogP contribution < -0.4 is 0 Å². The highest BCUT2D eigenvalue weighted by atomic mass is 32.1. The number of thiazole rings is 2. The Hall–Kier alpha value is -6.70. The maximum Gasteiger partial charge on any atom is 0.435 e. The minimum atomic E-state index is -4.56. The van der Waals surface area contributed by atoms with Gasteiger partial charge in [-0.2, -0.15) is 36.5 Å². The van der Waals surface area contributed by atoms with Crippen LogP contribution in [-0.4, -0.2) is 88.7 Å². The summed E-state index contributed by atoms with van der Waals surface area (Å²) in [5.41, 5.74) is 0.389. The van der Waals surface area contributed by atoms with E-state index in [1.807, 2.05) is 10.8 Å². The Morgan fingerprint density at radius 3 is 1.27 bits per heavy atom. The molecule has 26 heteroatoms. The zero-order valence-electron chi connectivity index (χ0n) is 39.3. The number of likely N-dealkylation sites (tertiary alicyclic amines) is 2. The lowest BCUT2D eigenvalue weighted by Crippen LogP contribution is -2.40. The smallest absolute Gasteiger partial charge is 0.387 e. The number of halogens is 10. The van der Waals surface area contributed by atoms with E-state index in [-0.39, 0.29) is 72.1 Å². The number of alkyl halides is 6. The topological polar surface area (TPSA) is 145 Å². The second-order valence-corrected chi connectivity index (χ2v) is 19.8. The van der Waals surface area contributed by atoms with E-state index >= 15 is 0 Å². The van der Waals surface area contributed by atoms with Gasteiger partial charge in [-0.05, 0) is 75.9 Å². The number of rotatable bonds is 10. The summed E-state index contributed by atoms with van der Waals surface area (Å²) in [7, 11) is 0. The second-order valence-electron chi connectivity index (χ2n) is 18.0. The molecule has 4 aromatic heterocycles. The Balaban J connectivity index is 0.000000182. The van der Waals surface area contributed by atoms with Crippen LogP contribution in [0.1, 0.15) is 118 Å². The highest BCUT2D eigenvalue weighted by Gasteiger charge is 2.38. The van der Waals surface area contributed by atoms with Crippen LogP contribution in [-0.2, 0) is 44.7 Å². The quantitative estimate of drug-likeness (QED) is 0.123. The lowest BCUT2D eigenvalue weighted by atomic mass is 9.97. The fourth-order valence-electron chi connectivity index (χ4n) is 9.04. The Bertz CT molecular complexity index is 2850. The van der Waals surface area contributed by atoms with E-state index in [2.05, 4.69) is 30.5 Å². The average molecular weight is 1080 g/mol. The Kier molecular flexibility index (Phi) is 15.0. The van der Waals surface area contributed by atoms with Gasteiger partial charge in [-0.25, -0.2) is 27.5 Å². The first kappa shape index (κ1) is 52.2. The molecule has 8 heterocycles. The van der Waals surface area contributed by atoms with Gasteiger partial charge in [-0.1, -0.05) is 22.4 Å². The zero-order valence-corrected chi connectivity index (χ0v) is 40.9. The largest absolute Gasteiger partial charge is 0.435 e. The molecule has 2 fully saturated rings. The van der Waals surface area contributed by atoms with Gasteiger partial charge >= 0.3 is 12.4 Å². The molecule has 0 spiro atoms. The number of amides is 2. The van der Waals surface area contributed by atoms with Crippen LogP contribution in [0.3, 0.4) is 0 Å². The van der Waals surface area contributed by atoms with Crippen molar-refractivity contribution >= 4 is 45.9 Å². The molecule has 0 saturated carbocycles. The van der Waals surface area contributed by atoms with Crippen molar-refractivity contribution in [2.75, 3.05) is 26.2 Å².